The Hall–Kier alpha value is -1.42. The summed E-state index contributed by atoms with van der Waals surface area (Å²) < 4.78 is 0. The first-order valence-corrected chi connectivity index (χ1v) is 6.65. The van der Waals surface area contributed by atoms with Gasteiger partial charge in [-0.15, -0.1) is 0 Å². The number of rotatable bonds is 7. The van der Waals surface area contributed by atoms with Crippen LogP contribution in [0, 0.1) is 0 Å². The molecule has 0 aliphatic rings. The molecule has 0 spiro atoms. The average Bonchev–Trinajstić information content (AvgIpc) is 2.42. The third kappa shape index (κ3) is 4.45. The summed E-state index contributed by atoms with van der Waals surface area (Å²) in [7, 11) is 0. The second kappa shape index (κ2) is 7.82. The quantitative estimate of drug-likeness (QED) is 0.774. The second-order valence-electron chi connectivity index (χ2n) is 4.43. The van der Waals surface area contributed by atoms with Crippen LogP contribution in [-0.2, 0) is 17.8 Å². The molecule has 18 heavy (non-hydrogen) atoms. The van der Waals surface area contributed by atoms with E-state index in [2.05, 4.69) is 24.1 Å². The molecule has 0 saturated heterocycles. The van der Waals surface area contributed by atoms with Gasteiger partial charge in [-0.2, -0.15) is 0 Å². The van der Waals surface area contributed by atoms with Gasteiger partial charge in [0.2, 0.25) is 5.91 Å². The van der Waals surface area contributed by atoms with Crippen molar-refractivity contribution >= 4 is 5.91 Å². The van der Waals surface area contributed by atoms with Gasteiger partial charge in [-0.1, -0.05) is 32.8 Å². The van der Waals surface area contributed by atoms with E-state index in [4.69, 9.17) is 5.73 Å². The van der Waals surface area contributed by atoms with E-state index in [0.717, 1.165) is 31.4 Å². The molecule has 100 valence electrons. The molecule has 0 aliphatic heterocycles. The molecule has 1 aromatic rings. The highest BCUT2D eigenvalue weighted by Crippen LogP contribution is 2.06. The van der Waals surface area contributed by atoms with Gasteiger partial charge in [0.05, 0.1) is 18.3 Å². The van der Waals surface area contributed by atoms with Gasteiger partial charge in [-0.05, 0) is 24.5 Å². The van der Waals surface area contributed by atoms with Crippen molar-refractivity contribution in [3.05, 3.63) is 29.6 Å². The van der Waals surface area contributed by atoms with Crippen LogP contribution in [0.15, 0.2) is 18.3 Å². The van der Waals surface area contributed by atoms with Crippen LogP contribution in [0.1, 0.15) is 44.4 Å². The Kier molecular flexibility index (Phi) is 6.36. The smallest absolute Gasteiger partial charge is 0.237 e. The van der Waals surface area contributed by atoms with Crippen LogP contribution in [0.3, 0.4) is 0 Å². The van der Waals surface area contributed by atoms with Crippen molar-refractivity contribution in [1.82, 2.24) is 10.3 Å². The zero-order valence-corrected chi connectivity index (χ0v) is 11.3. The van der Waals surface area contributed by atoms with E-state index in [1.54, 1.807) is 6.20 Å². The Balaban J connectivity index is 2.46. The van der Waals surface area contributed by atoms with Gasteiger partial charge in [0, 0.05) is 6.20 Å². The lowest BCUT2D eigenvalue weighted by molar-refractivity contribution is -0.122. The Morgan fingerprint density at radius 2 is 2.28 bits per heavy atom. The summed E-state index contributed by atoms with van der Waals surface area (Å²) in [6.45, 7) is 4.63. The topological polar surface area (TPSA) is 68.0 Å². The number of amides is 1. The number of unbranched alkanes of at least 4 members (excludes halogenated alkanes) is 1. The van der Waals surface area contributed by atoms with Crippen LogP contribution < -0.4 is 11.1 Å². The van der Waals surface area contributed by atoms with Crippen molar-refractivity contribution in [2.24, 2.45) is 5.73 Å². The minimum absolute atomic E-state index is 0.0869. The minimum Gasteiger partial charge on any atom is -0.349 e. The minimum atomic E-state index is -0.404. The Morgan fingerprint density at radius 1 is 1.50 bits per heavy atom. The molecule has 4 heteroatoms. The molecule has 1 amide bonds. The fourth-order valence-electron chi connectivity index (χ4n) is 1.81. The van der Waals surface area contributed by atoms with Crippen molar-refractivity contribution in [1.29, 1.82) is 0 Å². The van der Waals surface area contributed by atoms with E-state index in [9.17, 15) is 4.79 Å². The first-order valence-electron chi connectivity index (χ1n) is 6.65. The number of carbonyl (C=O) groups is 1. The van der Waals surface area contributed by atoms with Gasteiger partial charge in [0.1, 0.15) is 0 Å². The number of pyridine rings is 1. The number of nitrogens with one attached hydrogen (secondary N) is 1. The van der Waals surface area contributed by atoms with E-state index >= 15 is 0 Å². The number of hydrogen-bond donors (Lipinski definition) is 2. The zero-order chi connectivity index (χ0) is 13.4. The van der Waals surface area contributed by atoms with Gasteiger partial charge < -0.3 is 11.1 Å². The van der Waals surface area contributed by atoms with Gasteiger partial charge in [0.15, 0.2) is 0 Å². The molecule has 0 radical (unpaired) electrons. The van der Waals surface area contributed by atoms with E-state index in [1.807, 2.05) is 12.1 Å². The lowest BCUT2D eigenvalue weighted by Crippen LogP contribution is -2.40. The van der Waals surface area contributed by atoms with Crippen LogP contribution in [0.25, 0.3) is 0 Å². The highest BCUT2D eigenvalue weighted by atomic mass is 16.2. The number of carbonyl (C=O) groups excluding carboxylic acids is 1. The molecule has 0 saturated carbocycles. The summed E-state index contributed by atoms with van der Waals surface area (Å²) in [6.07, 6.45) is 5.45. The zero-order valence-electron chi connectivity index (χ0n) is 11.3. The van der Waals surface area contributed by atoms with E-state index in [-0.39, 0.29) is 5.91 Å². The van der Waals surface area contributed by atoms with Gasteiger partial charge in [-0.25, -0.2) is 0 Å². The molecule has 0 fully saturated rings. The molecule has 0 aliphatic carbocycles. The molecule has 0 bridgehead atoms. The molecule has 1 atom stereocenters. The maximum atomic E-state index is 11.8. The highest BCUT2D eigenvalue weighted by Gasteiger charge is 2.12. The number of aromatic nitrogens is 1. The summed E-state index contributed by atoms with van der Waals surface area (Å²) in [5.74, 6) is -0.0869. The van der Waals surface area contributed by atoms with E-state index < -0.39 is 6.04 Å². The highest BCUT2D eigenvalue weighted by molar-refractivity contribution is 5.81. The number of nitrogens with zero attached hydrogens (tertiary/aromatic N) is 1. The number of aryl methyl sites for hydroxylation is 1. The Bertz CT molecular complexity index is 379. The molecular weight excluding hydrogens is 226 g/mol. The monoisotopic (exact) mass is 249 g/mol. The number of hydrogen-bond acceptors (Lipinski definition) is 3. The average molecular weight is 249 g/mol. The molecule has 3 N–H and O–H groups in total. The fourth-order valence-corrected chi connectivity index (χ4v) is 1.81. The molecular formula is C14H23N3O. The molecule has 1 rings (SSSR count). The summed E-state index contributed by atoms with van der Waals surface area (Å²) in [4.78, 5) is 16.0. The SMILES string of the molecule is CCCC[C@H](N)C(=O)NCc1ncccc1CC. The van der Waals surface area contributed by atoms with Crippen LogP contribution in [-0.4, -0.2) is 16.9 Å². The molecule has 4 nitrogen and oxygen atoms in total. The lowest BCUT2D eigenvalue weighted by Gasteiger charge is -2.12. The van der Waals surface area contributed by atoms with Crippen molar-refractivity contribution in [2.75, 3.05) is 0 Å². The molecule has 1 aromatic heterocycles. The maximum Gasteiger partial charge on any atom is 0.237 e. The largest absolute Gasteiger partial charge is 0.349 e. The number of nitrogens with two attached hydrogens (primary N) is 1. The Morgan fingerprint density at radius 3 is 2.94 bits per heavy atom. The third-order valence-electron chi connectivity index (χ3n) is 3.00. The van der Waals surface area contributed by atoms with E-state index in [1.165, 1.54) is 5.56 Å². The summed E-state index contributed by atoms with van der Waals surface area (Å²) in [5, 5.41) is 2.86. The molecule has 0 aromatic carbocycles. The Labute approximate surface area is 109 Å². The summed E-state index contributed by atoms with van der Waals surface area (Å²) >= 11 is 0. The van der Waals surface area contributed by atoms with Gasteiger partial charge in [0.25, 0.3) is 0 Å². The normalized spacial score (nSPS) is 12.2. The third-order valence-corrected chi connectivity index (χ3v) is 3.00. The van der Waals surface area contributed by atoms with Crippen LogP contribution >= 0.6 is 0 Å². The van der Waals surface area contributed by atoms with Gasteiger partial charge in [-0.3, -0.25) is 9.78 Å². The predicted molar refractivity (Wildman–Crippen MR) is 73.0 cm³/mol. The second-order valence-corrected chi connectivity index (χ2v) is 4.43. The fraction of sp³-hybridized carbons (Fsp3) is 0.571. The van der Waals surface area contributed by atoms with E-state index in [0.29, 0.717) is 6.54 Å². The van der Waals surface area contributed by atoms with Crippen LogP contribution in [0.5, 0.6) is 0 Å². The van der Waals surface area contributed by atoms with Crippen molar-refractivity contribution in [2.45, 2.75) is 52.1 Å². The lowest BCUT2D eigenvalue weighted by atomic mass is 10.1. The summed E-state index contributed by atoms with van der Waals surface area (Å²) in [5.41, 5.74) is 7.90. The first-order chi connectivity index (χ1) is 8.69. The molecule has 1 heterocycles. The first kappa shape index (κ1) is 14.6. The van der Waals surface area contributed by atoms with Crippen LogP contribution in [0.2, 0.25) is 0 Å². The van der Waals surface area contributed by atoms with Crippen molar-refractivity contribution in [3.63, 3.8) is 0 Å². The van der Waals surface area contributed by atoms with Crippen LogP contribution in [0.4, 0.5) is 0 Å². The maximum absolute atomic E-state index is 11.8. The predicted octanol–water partition coefficient (Wildman–Crippen LogP) is 1.78. The van der Waals surface area contributed by atoms with Crippen molar-refractivity contribution < 1.29 is 4.79 Å². The molecule has 0 unspecified atom stereocenters. The standard InChI is InChI=1S/C14H23N3O/c1-3-5-8-12(15)14(18)17-10-13-11(4-2)7-6-9-16-13/h6-7,9,12H,3-5,8,10,15H2,1-2H3,(H,17,18)/t12-/m0/s1. The summed E-state index contributed by atoms with van der Waals surface area (Å²) in [6, 6.07) is 3.54. The van der Waals surface area contributed by atoms with Crippen molar-refractivity contribution in [3.8, 4) is 0 Å². The van der Waals surface area contributed by atoms with Gasteiger partial charge >= 0.3 is 0 Å².